The van der Waals surface area contributed by atoms with E-state index in [0.717, 1.165) is 62.1 Å². The van der Waals surface area contributed by atoms with Crippen molar-refractivity contribution in [2.75, 3.05) is 16.3 Å². The van der Waals surface area contributed by atoms with Crippen LogP contribution >= 0.6 is 0 Å². The van der Waals surface area contributed by atoms with Gasteiger partial charge in [0.1, 0.15) is 11.9 Å². The molecule has 0 radical (unpaired) electrons. The summed E-state index contributed by atoms with van der Waals surface area (Å²) in [6.45, 7) is 0.932. The Bertz CT molecular complexity index is 2870. The molecular weight excluding hydrogens is 626 g/mol. The standard InChI is InChI=1S/C47H30FN3/c48-40-28-36(35-14-13-30-7-1-2-9-34(30)27-35)19-24-45(40)51(42-12-6-4-10-37(42)29-49)44-23-18-33-15-20-38-43(50-26-25-31-8-3-5-11-41(31)50)22-17-32-16-21-39(44)47(33)46(32)38/h1-24,27-28H,25-26H2. The summed E-state index contributed by atoms with van der Waals surface area (Å²) >= 11 is 0. The minimum absolute atomic E-state index is 0.367. The number of anilines is 5. The lowest BCUT2D eigenvalue weighted by molar-refractivity contribution is 0.629. The molecule has 3 nitrogen and oxygen atoms in total. The van der Waals surface area contributed by atoms with E-state index >= 15 is 4.39 Å². The zero-order valence-electron chi connectivity index (χ0n) is 27.6. The zero-order chi connectivity index (χ0) is 34.1. The summed E-state index contributed by atoms with van der Waals surface area (Å²) in [6, 6.07) is 55.7. The fourth-order valence-corrected chi connectivity index (χ4v) is 8.18. The Morgan fingerprint density at radius 2 is 1.18 bits per heavy atom. The molecule has 0 spiro atoms. The van der Waals surface area contributed by atoms with Crippen molar-refractivity contribution in [3.05, 3.63) is 175 Å². The number of rotatable bonds is 5. The van der Waals surface area contributed by atoms with Crippen molar-refractivity contribution in [3.63, 3.8) is 0 Å². The number of fused-ring (bicyclic) bond motifs is 2. The number of hydrogen-bond donors (Lipinski definition) is 0. The van der Waals surface area contributed by atoms with Crippen LogP contribution in [0.3, 0.4) is 0 Å². The van der Waals surface area contributed by atoms with Gasteiger partial charge in [-0.15, -0.1) is 0 Å². The first kappa shape index (κ1) is 29.2. The minimum atomic E-state index is -0.367. The lowest BCUT2D eigenvalue weighted by atomic mass is 9.91. The molecule has 1 aliphatic rings. The molecule has 0 saturated carbocycles. The number of halogens is 1. The monoisotopic (exact) mass is 655 g/mol. The topological polar surface area (TPSA) is 30.3 Å². The van der Waals surface area contributed by atoms with E-state index in [-0.39, 0.29) is 5.82 Å². The van der Waals surface area contributed by atoms with Gasteiger partial charge in [-0.3, -0.25) is 0 Å². The van der Waals surface area contributed by atoms with Crippen LogP contribution in [0.2, 0.25) is 0 Å². The third kappa shape index (κ3) is 4.56. The summed E-state index contributed by atoms with van der Waals surface area (Å²) in [4.78, 5) is 4.35. The molecule has 0 aliphatic carbocycles. The maximum Gasteiger partial charge on any atom is 0.147 e. The highest BCUT2D eigenvalue weighted by Gasteiger charge is 2.25. The Kier molecular flexibility index (Phi) is 6.56. The fourth-order valence-electron chi connectivity index (χ4n) is 8.18. The van der Waals surface area contributed by atoms with Crippen LogP contribution in [0.15, 0.2) is 158 Å². The van der Waals surface area contributed by atoms with Gasteiger partial charge in [0.2, 0.25) is 0 Å². The molecule has 9 aromatic rings. The average molecular weight is 656 g/mol. The number of hydrogen-bond acceptors (Lipinski definition) is 3. The normalized spacial score (nSPS) is 12.6. The fraction of sp³-hybridized carbons (Fsp3) is 0.0426. The van der Waals surface area contributed by atoms with Gasteiger partial charge in [-0.05, 0) is 104 Å². The summed E-state index contributed by atoms with van der Waals surface area (Å²) in [5.74, 6) is -0.367. The number of nitrogens with zero attached hydrogens (tertiary/aromatic N) is 3. The first-order chi connectivity index (χ1) is 25.2. The van der Waals surface area contributed by atoms with Gasteiger partial charge in [-0.1, -0.05) is 109 Å². The summed E-state index contributed by atoms with van der Waals surface area (Å²) in [6.07, 6.45) is 1.01. The Morgan fingerprint density at radius 1 is 0.529 bits per heavy atom. The van der Waals surface area contributed by atoms with Gasteiger partial charge in [-0.25, -0.2) is 4.39 Å². The third-order valence-electron chi connectivity index (χ3n) is 10.6. The van der Waals surface area contributed by atoms with Crippen LogP contribution in [0, 0.1) is 17.1 Å². The average Bonchev–Trinajstić information content (AvgIpc) is 3.62. The van der Waals surface area contributed by atoms with Crippen molar-refractivity contribution in [1.82, 2.24) is 0 Å². The summed E-state index contributed by atoms with van der Waals surface area (Å²) in [5, 5.41) is 19.3. The van der Waals surface area contributed by atoms with Gasteiger partial charge in [0, 0.05) is 28.7 Å². The molecular formula is C47H30FN3. The Labute approximate surface area is 295 Å². The number of para-hydroxylation sites is 2. The first-order valence-corrected chi connectivity index (χ1v) is 17.3. The van der Waals surface area contributed by atoms with Gasteiger partial charge >= 0.3 is 0 Å². The van der Waals surface area contributed by atoms with Gasteiger partial charge in [-0.2, -0.15) is 5.26 Å². The molecule has 0 fully saturated rings. The van der Waals surface area contributed by atoms with E-state index in [2.05, 4.69) is 108 Å². The Hall–Kier alpha value is -6.70. The molecule has 1 aliphatic heterocycles. The maximum atomic E-state index is 16.7. The van der Waals surface area contributed by atoms with Crippen LogP contribution in [0.1, 0.15) is 11.1 Å². The number of benzene rings is 9. The highest BCUT2D eigenvalue weighted by molar-refractivity contribution is 6.28. The van der Waals surface area contributed by atoms with Crippen molar-refractivity contribution < 1.29 is 4.39 Å². The van der Waals surface area contributed by atoms with E-state index < -0.39 is 0 Å². The highest BCUT2D eigenvalue weighted by Crippen LogP contribution is 2.48. The molecule has 0 aromatic heterocycles. The second kappa shape index (κ2) is 11.4. The lowest BCUT2D eigenvalue weighted by Gasteiger charge is -2.29. The second-order valence-corrected chi connectivity index (χ2v) is 13.3. The van der Waals surface area contributed by atoms with E-state index in [1.807, 2.05) is 53.4 Å². The van der Waals surface area contributed by atoms with Gasteiger partial charge in [0.15, 0.2) is 0 Å². The largest absolute Gasteiger partial charge is 0.340 e. The van der Waals surface area contributed by atoms with Crippen molar-refractivity contribution in [2.24, 2.45) is 0 Å². The van der Waals surface area contributed by atoms with Crippen LogP contribution in [-0.4, -0.2) is 6.54 Å². The first-order valence-electron chi connectivity index (χ1n) is 17.3. The van der Waals surface area contributed by atoms with Crippen LogP contribution < -0.4 is 9.80 Å². The van der Waals surface area contributed by atoms with E-state index in [0.29, 0.717) is 16.9 Å². The summed E-state index contributed by atoms with van der Waals surface area (Å²) in [7, 11) is 0. The van der Waals surface area contributed by atoms with Crippen LogP contribution in [-0.2, 0) is 6.42 Å². The lowest BCUT2D eigenvalue weighted by Crippen LogP contribution is -2.14. The molecule has 0 N–H and O–H groups in total. The Morgan fingerprint density at radius 3 is 2.04 bits per heavy atom. The van der Waals surface area contributed by atoms with E-state index in [9.17, 15) is 5.26 Å². The molecule has 0 unspecified atom stereocenters. The van der Waals surface area contributed by atoms with Crippen molar-refractivity contribution in [1.29, 1.82) is 5.26 Å². The SMILES string of the molecule is N#Cc1ccccc1N(c1ccc(-c2ccc3ccccc3c2)cc1F)c1ccc2ccc3c(N4CCc5ccccc54)ccc4ccc1c2c43. The molecule has 51 heavy (non-hydrogen) atoms. The van der Waals surface area contributed by atoms with Crippen LogP contribution in [0.25, 0.3) is 54.2 Å². The smallest absolute Gasteiger partial charge is 0.147 e. The summed E-state index contributed by atoms with van der Waals surface area (Å²) in [5.41, 5.74) is 7.85. The molecule has 240 valence electrons. The van der Waals surface area contributed by atoms with Crippen LogP contribution in [0.5, 0.6) is 0 Å². The predicted molar refractivity (Wildman–Crippen MR) is 210 cm³/mol. The molecule has 0 amide bonds. The van der Waals surface area contributed by atoms with Crippen molar-refractivity contribution >= 4 is 71.5 Å². The second-order valence-electron chi connectivity index (χ2n) is 13.3. The molecule has 0 atom stereocenters. The van der Waals surface area contributed by atoms with Gasteiger partial charge in [0.05, 0.1) is 22.6 Å². The molecule has 4 heteroatoms. The van der Waals surface area contributed by atoms with Gasteiger partial charge < -0.3 is 9.80 Å². The highest BCUT2D eigenvalue weighted by atomic mass is 19.1. The quantitative estimate of drug-likeness (QED) is 0.173. The van der Waals surface area contributed by atoms with Crippen molar-refractivity contribution in [3.8, 4) is 17.2 Å². The molecule has 0 bridgehead atoms. The van der Waals surface area contributed by atoms with Gasteiger partial charge in [0.25, 0.3) is 0 Å². The molecule has 1 heterocycles. The minimum Gasteiger partial charge on any atom is -0.340 e. The third-order valence-corrected chi connectivity index (χ3v) is 10.6. The molecule has 0 saturated heterocycles. The maximum absolute atomic E-state index is 16.7. The predicted octanol–water partition coefficient (Wildman–Crippen LogP) is 12.6. The van der Waals surface area contributed by atoms with E-state index in [1.165, 1.54) is 27.7 Å². The Balaban J connectivity index is 1.18. The van der Waals surface area contributed by atoms with E-state index in [1.54, 1.807) is 12.1 Å². The molecule has 10 rings (SSSR count). The van der Waals surface area contributed by atoms with Crippen LogP contribution in [0.4, 0.5) is 32.8 Å². The number of nitriles is 1. The summed E-state index contributed by atoms with van der Waals surface area (Å²) < 4.78 is 16.7. The zero-order valence-corrected chi connectivity index (χ0v) is 27.6. The van der Waals surface area contributed by atoms with Crippen molar-refractivity contribution in [2.45, 2.75) is 6.42 Å². The molecule has 9 aromatic carbocycles. The van der Waals surface area contributed by atoms with E-state index in [4.69, 9.17) is 0 Å².